The fourth-order valence-electron chi connectivity index (χ4n) is 2.76. The summed E-state index contributed by atoms with van der Waals surface area (Å²) in [5, 5.41) is 8.65. The summed E-state index contributed by atoms with van der Waals surface area (Å²) in [7, 11) is 0. The molecule has 0 saturated carbocycles. The Labute approximate surface area is 137 Å². The molecule has 1 aliphatic rings. The van der Waals surface area contributed by atoms with Gasteiger partial charge in [-0.25, -0.2) is 0 Å². The van der Waals surface area contributed by atoms with Crippen LogP contribution >= 0.6 is 0 Å². The molecular formula is C18H26N2O3. The van der Waals surface area contributed by atoms with Gasteiger partial charge in [0.2, 0.25) is 5.91 Å². The summed E-state index contributed by atoms with van der Waals surface area (Å²) in [6.45, 7) is 9.47. The van der Waals surface area contributed by atoms with Crippen LogP contribution in [0.15, 0.2) is 24.3 Å². The largest absolute Gasteiger partial charge is 0.481 e. The number of carbonyl (C=O) groups is 2. The molecule has 0 aliphatic carbocycles. The number of anilines is 1. The summed E-state index contributed by atoms with van der Waals surface area (Å²) in [5.41, 5.74) is 2.63. The first kappa shape index (κ1) is 17.3. The van der Waals surface area contributed by atoms with Crippen LogP contribution in [-0.4, -0.2) is 48.1 Å². The summed E-state index contributed by atoms with van der Waals surface area (Å²) in [6.07, 6.45) is 0.00290. The van der Waals surface area contributed by atoms with Crippen molar-refractivity contribution >= 4 is 17.6 Å². The molecule has 126 valence electrons. The van der Waals surface area contributed by atoms with Crippen molar-refractivity contribution in [3.05, 3.63) is 29.8 Å². The van der Waals surface area contributed by atoms with Crippen LogP contribution in [0.2, 0.25) is 0 Å². The first-order chi connectivity index (χ1) is 10.8. The van der Waals surface area contributed by atoms with Crippen LogP contribution in [-0.2, 0) is 15.0 Å². The Morgan fingerprint density at radius 1 is 1.00 bits per heavy atom. The zero-order valence-corrected chi connectivity index (χ0v) is 14.2. The second-order valence-corrected chi connectivity index (χ2v) is 7.06. The van der Waals surface area contributed by atoms with Gasteiger partial charge in [-0.05, 0) is 23.1 Å². The van der Waals surface area contributed by atoms with Crippen LogP contribution in [0.3, 0.4) is 0 Å². The van der Waals surface area contributed by atoms with Gasteiger partial charge in [0, 0.05) is 38.3 Å². The van der Waals surface area contributed by atoms with Crippen molar-refractivity contribution in [1.82, 2.24) is 4.90 Å². The van der Waals surface area contributed by atoms with E-state index in [0.29, 0.717) is 13.1 Å². The lowest BCUT2D eigenvalue weighted by molar-refractivity contribution is -0.141. The van der Waals surface area contributed by atoms with E-state index in [-0.39, 0.29) is 24.2 Å². The Morgan fingerprint density at radius 3 is 2.04 bits per heavy atom. The van der Waals surface area contributed by atoms with Gasteiger partial charge < -0.3 is 14.9 Å². The van der Waals surface area contributed by atoms with E-state index in [1.165, 1.54) is 11.3 Å². The second kappa shape index (κ2) is 7.02. The predicted molar refractivity (Wildman–Crippen MR) is 90.8 cm³/mol. The molecule has 0 unspecified atom stereocenters. The zero-order chi connectivity index (χ0) is 17.0. The van der Waals surface area contributed by atoms with Crippen molar-refractivity contribution < 1.29 is 14.7 Å². The smallest absolute Gasteiger partial charge is 0.303 e. The quantitative estimate of drug-likeness (QED) is 0.926. The Kier molecular flexibility index (Phi) is 5.29. The highest BCUT2D eigenvalue weighted by atomic mass is 16.4. The van der Waals surface area contributed by atoms with E-state index in [1.807, 2.05) is 0 Å². The fraction of sp³-hybridized carbons (Fsp3) is 0.556. The number of carboxylic acids is 1. The lowest BCUT2D eigenvalue weighted by atomic mass is 9.87. The molecule has 1 amide bonds. The van der Waals surface area contributed by atoms with Gasteiger partial charge in [0.25, 0.3) is 0 Å². The molecule has 1 aromatic carbocycles. The van der Waals surface area contributed by atoms with E-state index in [0.717, 1.165) is 13.1 Å². The summed E-state index contributed by atoms with van der Waals surface area (Å²) in [5.74, 6) is -0.981. The van der Waals surface area contributed by atoms with Gasteiger partial charge in [-0.1, -0.05) is 32.9 Å². The Balaban J connectivity index is 1.89. The maximum absolute atomic E-state index is 11.9. The molecule has 1 fully saturated rings. The molecule has 0 atom stereocenters. The molecule has 23 heavy (non-hydrogen) atoms. The molecule has 5 heteroatoms. The van der Waals surface area contributed by atoms with E-state index in [4.69, 9.17) is 5.11 Å². The Bertz CT molecular complexity index is 553. The molecule has 0 spiro atoms. The maximum atomic E-state index is 11.9. The summed E-state index contributed by atoms with van der Waals surface area (Å²) in [4.78, 5) is 26.5. The molecule has 5 nitrogen and oxygen atoms in total. The molecule has 2 rings (SSSR count). The summed E-state index contributed by atoms with van der Waals surface area (Å²) in [6, 6.07) is 8.62. The van der Waals surface area contributed by atoms with Gasteiger partial charge in [0.15, 0.2) is 0 Å². The molecular weight excluding hydrogens is 292 g/mol. The third-order valence-corrected chi connectivity index (χ3v) is 4.28. The number of rotatable bonds is 4. The van der Waals surface area contributed by atoms with Crippen LogP contribution in [0.4, 0.5) is 5.69 Å². The SMILES string of the molecule is CC(C)(C)c1ccc(N2CCN(C(=O)CCC(=O)O)CC2)cc1. The average molecular weight is 318 g/mol. The minimum Gasteiger partial charge on any atom is -0.481 e. The van der Waals surface area contributed by atoms with Crippen molar-refractivity contribution in [3.63, 3.8) is 0 Å². The van der Waals surface area contributed by atoms with Crippen LogP contribution in [0.25, 0.3) is 0 Å². The van der Waals surface area contributed by atoms with Crippen molar-refractivity contribution in [3.8, 4) is 0 Å². The third-order valence-electron chi connectivity index (χ3n) is 4.28. The lowest BCUT2D eigenvalue weighted by Gasteiger charge is -2.36. The summed E-state index contributed by atoms with van der Waals surface area (Å²) < 4.78 is 0. The van der Waals surface area contributed by atoms with E-state index in [9.17, 15) is 9.59 Å². The van der Waals surface area contributed by atoms with Crippen LogP contribution in [0.5, 0.6) is 0 Å². The second-order valence-electron chi connectivity index (χ2n) is 7.06. The van der Waals surface area contributed by atoms with Crippen molar-refractivity contribution in [2.75, 3.05) is 31.1 Å². The van der Waals surface area contributed by atoms with Crippen LogP contribution in [0.1, 0.15) is 39.2 Å². The number of carbonyl (C=O) groups excluding carboxylic acids is 1. The van der Waals surface area contributed by atoms with Gasteiger partial charge >= 0.3 is 5.97 Å². The standard InChI is InChI=1S/C18H26N2O3/c1-18(2,3)14-4-6-15(7-5-14)19-10-12-20(13-11-19)16(21)8-9-17(22)23/h4-7H,8-13H2,1-3H3,(H,22,23). The Morgan fingerprint density at radius 2 is 1.57 bits per heavy atom. The normalized spacial score (nSPS) is 15.6. The number of nitrogens with zero attached hydrogens (tertiary/aromatic N) is 2. The molecule has 1 aromatic rings. The molecule has 1 heterocycles. The number of benzene rings is 1. The molecule has 1 aliphatic heterocycles. The van der Waals surface area contributed by atoms with E-state index >= 15 is 0 Å². The van der Waals surface area contributed by atoms with Crippen molar-refractivity contribution in [1.29, 1.82) is 0 Å². The molecule has 1 saturated heterocycles. The highest BCUT2D eigenvalue weighted by Gasteiger charge is 2.22. The first-order valence-electron chi connectivity index (χ1n) is 8.12. The third kappa shape index (κ3) is 4.71. The van der Waals surface area contributed by atoms with Crippen molar-refractivity contribution in [2.24, 2.45) is 0 Å². The van der Waals surface area contributed by atoms with Crippen LogP contribution in [0, 0.1) is 0 Å². The van der Waals surface area contributed by atoms with Gasteiger partial charge in [-0.3, -0.25) is 9.59 Å². The van der Waals surface area contributed by atoms with Gasteiger partial charge in [0.1, 0.15) is 0 Å². The van der Waals surface area contributed by atoms with E-state index < -0.39 is 5.97 Å². The van der Waals surface area contributed by atoms with Gasteiger partial charge in [-0.2, -0.15) is 0 Å². The summed E-state index contributed by atoms with van der Waals surface area (Å²) >= 11 is 0. The lowest BCUT2D eigenvalue weighted by Crippen LogP contribution is -2.48. The van der Waals surface area contributed by atoms with E-state index in [1.54, 1.807) is 4.90 Å². The highest BCUT2D eigenvalue weighted by molar-refractivity contribution is 5.81. The van der Waals surface area contributed by atoms with E-state index in [2.05, 4.69) is 49.9 Å². The van der Waals surface area contributed by atoms with Gasteiger partial charge in [-0.15, -0.1) is 0 Å². The fourth-order valence-corrected chi connectivity index (χ4v) is 2.76. The van der Waals surface area contributed by atoms with Crippen molar-refractivity contribution in [2.45, 2.75) is 39.0 Å². The molecule has 1 N–H and O–H groups in total. The number of hydrogen-bond acceptors (Lipinski definition) is 3. The zero-order valence-electron chi connectivity index (χ0n) is 14.2. The number of carboxylic acid groups (broad SMARTS) is 1. The van der Waals surface area contributed by atoms with Crippen LogP contribution < -0.4 is 4.90 Å². The number of amides is 1. The number of aliphatic carboxylic acids is 1. The highest BCUT2D eigenvalue weighted by Crippen LogP contribution is 2.25. The average Bonchev–Trinajstić information content (AvgIpc) is 2.52. The number of piperazine rings is 1. The monoisotopic (exact) mass is 318 g/mol. The molecule has 0 aromatic heterocycles. The topological polar surface area (TPSA) is 60.9 Å². The number of hydrogen-bond donors (Lipinski definition) is 1. The first-order valence-corrected chi connectivity index (χ1v) is 8.12. The maximum Gasteiger partial charge on any atom is 0.303 e. The minimum atomic E-state index is -0.920. The molecule has 0 radical (unpaired) electrons. The predicted octanol–water partition coefficient (Wildman–Crippen LogP) is 2.50. The molecule has 0 bridgehead atoms. The van der Waals surface area contributed by atoms with Gasteiger partial charge in [0.05, 0.1) is 6.42 Å². The minimum absolute atomic E-state index is 0.0601. The Hall–Kier alpha value is -2.04.